The smallest absolute Gasteiger partial charge is 0.223 e. The predicted octanol–water partition coefficient (Wildman–Crippen LogP) is 1.01. The van der Waals surface area contributed by atoms with Gasteiger partial charge in [-0.15, -0.1) is 0 Å². The van der Waals surface area contributed by atoms with Crippen molar-refractivity contribution in [3.63, 3.8) is 0 Å². The van der Waals surface area contributed by atoms with Crippen LogP contribution in [-0.2, 0) is 23.1 Å². The summed E-state index contributed by atoms with van der Waals surface area (Å²) in [6.45, 7) is 2.34. The second-order valence-electron chi connectivity index (χ2n) is 4.13. The lowest BCUT2D eigenvalue weighted by atomic mass is 10.1. The van der Waals surface area contributed by atoms with E-state index in [2.05, 4.69) is 0 Å². The first-order chi connectivity index (χ1) is 7.93. The molecule has 92 valence electrons. The van der Waals surface area contributed by atoms with Crippen LogP contribution < -0.4 is 5.73 Å². The highest BCUT2D eigenvalue weighted by Crippen LogP contribution is 2.26. The second-order valence-corrected chi connectivity index (χ2v) is 6.85. The molecule has 1 aromatic rings. The molecule has 0 saturated heterocycles. The number of sulfonamides is 1. The number of hydrogen-bond donors (Lipinski definition) is 1. The van der Waals surface area contributed by atoms with Crippen molar-refractivity contribution < 1.29 is 8.42 Å². The van der Waals surface area contributed by atoms with Gasteiger partial charge in [0.15, 0.2) is 0 Å². The summed E-state index contributed by atoms with van der Waals surface area (Å²) < 4.78 is 25.8. The molecular weight excluding hydrogens is 256 g/mol. The van der Waals surface area contributed by atoms with Gasteiger partial charge in [-0.25, -0.2) is 8.42 Å². The molecule has 0 fully saturated rings. The first-order valence-corrected chi connectivity index (χ1v) is 7.19. The van der Waals surface area contributed by atoms with Crippen LogP contribution in [0.3, 0.4) is 0 Å². The fraction of sp³-hybridized carbons (Fsp3) is 0.364. The second kappa shape index (κ2) is 4.36. The van der Waals surface area contributed by atoms with Crippen molar-refractivity contribution in [1.82, 2.24) is 4.31 Å². The molecule has 0 radical (unpaired) electrons. The standard InChI is InChI=1S/C11H14N2O2S2/c1-8(11(12)16)17(14,15)13-6-9-4-2-3-5-10(9)7-13/h2-5,8H,6-7H2,1H3,(H2,12,16). The van der Waals surface area contributed by atoms with Gasteiger partial charge in [-0.3, -0.25) is 0 Å². The van der Waals surface area contributed by atoms with Crippen molar-refractivity contribution >= 4 is 27.2 Å². The summed E-state index contributed by atoms with van der Waals surface area (Å²) in [4.78, 5) is 0.0148. The average molecular weight is 270 g/mol. The third kappa shape index (κ3) is 2.20. The van der Waals surface area contributed by atoms with E-state index in [4.69, 9.17) is 18.0 Å². The van der Waals surface area contributed by atoms with E-state index < -0.39 is 15.3 Å². The van der Waals surface area contributed by atoms with Crippen LogP contribution in [0, 0.1) is 0 Å². The molecule has 0 spiro atoms. The zero-order valence-corrected chi connectivity index (χ0v) is 11.1. The minimum atomic E-state index is -3.44. The third-order valence-corrected chi connectivity index (χ3v) is 5.65. The summed E-state index contributed by atoms with van der Waals surface area (Å²) in [5, 5.41) is -0.813. The molecule has 0 amide bonds. The molecule has 17 heavy (non-hydrogen) atoms. The van der Waals surface area contributed by atoms with E-state index in [1.54, 1.807) is 0 Å². The van der Waals surface area contributed by atoms with Crippen LogP contribution in [0.1, 0.15) is 18.1 Å². The molecule has 1 aromatic carbocycles. The summed E-state index contributed by atoms with van der Waals surface area (Å²) in [5.41, 5.74) is 7.52. The van der Waals surface area contributed by atoms with Crippen LogP contribution in [0.4, 0.5) is 0 Å². The number of nitrogens with two attached hydrogens (primary N) is 1. The fourth-order valence-corrected chi connectivity index (χ4v) is 3.60. The Hall–Kier alpha value is -0.980. The zero-order chi connectivity index (χ0) is 12.6. The molecule has 0 aliphatic carbocycles. The van der Waals surface area contributed by atoms with E-state index in [0.717, 1.165) is 11.1 Å². The minimum Gasteiger partial charge on any atom is -0.392 e. The molecule has 1 aliphatic rings. The Bertz CT molecular complexity index is 529. The van der Waals surface area contributed by atoms with Crippen molar-refractivity contribution in [3.8, 4) is 0 Å². The van der Waals surface area contributed by atoms with Crippen LogP contribution >= 0.6 is 12.2 Å². The molecule has 0 saturated carbocycles. The summed E-state index contributed by atoms with van der Waals surface area (Å²) in [7, 11) is -3.44. The van der Waals surface area contributed by atoms with E-state index in [9.17, 15) is 8.42 Å². The van der Waals surface area contributed by atoms with Gasteiger partial charge in [0.05, 0.1) is 4.99 Å². The molecule has 2 rings (SSSR count). The van der Waals surface area contributed by atoms with Crippen molar-refractivity contribution in [2.75, 3.05) is 0 Å². The molecule has 2 N–H and O–H groups in total. The van der Waals surface area contributed by atoms with Crippen LogP contribution in [0.15, 0.2) is 24.3 Å². The van der Waals surface area contributed by atoms with E-state index in [1.165, 1.54) is 11.2 Å². The lowest BCUT2D eigenvalue weighted by Crippen LogP contribution is -2.40. The van der Waals surface area contributed by atoms with E-state index in [1.807, 2.05) is 24.3 Å². The highest BCUT2D eigenvalue weighted by atomic mass is 32.2. The number of hydrogen-bond acceptors (Lipinski definition) is 3. The molecule has 0 bridgehead atoms. The van der Waals surface area contributed by atoms with Gasteiger partial charge in [-0.2, -0.15) is 4.31 Å². The highest BCUT2D eigenvalue weighted by Gasteiger charge is 2.34. The molecule has 4 nitrogen and oxygen atoms in total. The normalized spacial score (nSPS) is 17.7. The minimum absolute atomic E-state index is 0.0148. The number of benzene rings is 1. The van der Waals surface area contributed by atoms with Gasteiger partial charge < -0.3 is 5.73 Å². The number of nitrogens with zero attached hydrogens (tertiary/aromatic N) is 1. The quantitative estimate of drug-likeness (QED) is 0.833. The number of fused-ring (bicyclic) bond motifs is 1. The van der Waals surface area contributed by atoms with Gasteiger partial charge in [0, 0.05) is 13.1 Å². The third-order valence-electron chi connectivity index (χ3n) is 3.02. The number of thiocarbonyl (C=S) groups is 1. The van der Waals surface area contributed by atoms with Gasteiger partial charge in [-0.05, 0) is 18.1 Å². The molecule has 6 heteroatoms. The molecule has 0 aromatic heterocycles. The molecule has 1 heterocycles. The summed E-state index contributed by atoms with van der Waals surface area (Å²) >= 11 is 4.76. The fourth-order valence-electron chi connectivity index (χ4n) is 1.85. The SMILES string of the molecule is CC(C(N)=S)S(=O)(=O)N1Cc2ccccc2C1. The van der Waals surface area contributed by atoms with Crippen molar-refractivity contribution in [1.29, 1.82) is 0 Å². The Morgan fingerprint density at radius 2 is 1.82 bits per heavy atom. The maximum absolute atomic E-state index is 12.2. The van der Waals surface area contributed by atoms with Crippen molar-refractivity contribution in [3.05, 3.63) is 35.4 Å². The maximum Gasteiger partial charge on any atom is 0.223 e. The first-order valence-electron chi connectivity index (χ1n) is 5.28. The van der Waals surface area contributed by atoms with Crippen molar-refractivity contribution in [2.45, 2.75) is 25.3 Å². The Morgan fingerprint density at radius 1 is 1.35 bits per heavy atom. The van der Waals surface area contributed by atoms with E-state index in [0.29, 0.717) is 13.1 Å². The van der Waals surface area contributed by atoms with Gasteiger partial charge in [0.25, 0.3) is 0 Å². The van der Waals surface area contributed by atoms with Crippen molar-refractivity contribution in [2.24, 2.45) is 5.73 Å². The molecular formula is C11H14N2O2S2. The Kier molecular flexibility index (Phi) is 3.20. The van der Waals surface area contributed by atoms with Gasteiger partial charge in [-0.1, -0.05) is 36.5 Å². The van der Waals surface area contributed by atoms with Crippen LogP contribution in [0.5, 0.6) is 0 Å². The first kappa shape index (κ1) is 12.5. The van der Waals surface area contributed by atoms with Gasteiger partial charge in [0.1, 0.15) is 5.25 Å². The molecule has 1 atom stereocenters. The van der Waals surface area contributed by atoms with Crippen LogP contribution in [-0.4, -0.2) is 23.0 Å². The summed E-state index contributed by atoms with van der Waals surface area (Å²) in [6.07, 6.45) is 0. The Balaban J connectivity index is 2.27. The van der Waals surface area contributed by atoms with Gasteiger partial charge >= 0.3 is 0 Å². The summed E-state index contributed by atoms with van der Waals surface area (Å²) in [6, 6.07) is 7.70. The topological polar surface area (TPSA) is 63.4 Å². The van der Waals surface area contributed by atoms with E-state index in [-0.39, 0.29) is 4.99 Å². The lowest BCUT2D eigenvalue weighted by Gasteiger charge is -2.20. The molecule has 1 unspecified atom stereocenters. The van der Waals surface area contributed by atoms with Crippen LogP contribution in [0.25, 0.3) is 0 Å². The lowest BCUT2D eigenvalue weighted by molar-refractivity contribution is 0.429. The Labute approximate surface area is 106 Å². The zero-order valence-electron chi connectivity index (χ0n) is 9.46. The highest BCUT2D eigenvalue weighted by molar-refractivity contribution is 7.92. The van der Waals surface area contributed by atoms with Crippen LogP contribution in [0.2, 0.25) is 0 Å². The predicted molar refractivity (Wildman–Crippen MR) is 70.9 cm³/mol. The van der Waals surface area contributed by atoms with E-state index >= 15 is 0 Å². The number of rotatable bonds is 3. The largest absolute Gasteiger partial charge is 0.392 e. The maximum atomic E-state index is 12.2. The van der Waals surface area contributed by atoms with Gasteiger partial charge in [0.2, 0.25) is 10.0 Å². The average Bonchev–Trinajstić information content (AvgIpc) is 2.71. The Morgan fingerprint density at radius 3 is 2.24 bits per heavy atom. The monoisotopic (exact) mass is 270 g/mol. The summed E-state index contributed by atoms with van der Waals surface area (Å²) in [5.74, 6) is 0. The molecule has 1 aliphatic heterocycles.